The maximum absolute atomic E-state index is 13.5. The van der Waals surface area contributed by atoms with E-state index in [1.165, 1.54) is 24.1 Å². The van der Waals surface area contributed by atoms with Crippen LogP contribution in [0.4, 0.5) is 35.5 Å². The highest BCUT2D eigenvalue weighted by Crippen LogP contribution is 2.37. The summed E-state index contributed by atoms with van der Waals surface area (Å²) in [7, 11) is 1.31. The number of piperazine rings is 1. The lowest BCUT2D eigenvalue weighted by molar-refractivity contribution is -0.143. The highest BCUT2D eigenvalue weighted by Gasteiger charge is 2.38. The number of carbonyl (C=O) groups excluding carboxylic acids is 1. The SMILES string of the molecule is CC(=O)N1CCN([C@@H]2CCN(C(=O)O)[C@@H](c3ccc(F)cc3C)C2)CC1.C[N-]Cc1cc(C(F)(F)F)cc(C(F)(F)F)c1. The lowest BCUT2D eigenvalue weighted by Gasteiger charge is -2.45. The van der Waals surface area contributed by atoms with Crippen molar-refractivity contribution < 1.29 is 45.4 Å². The quantitative estimate of drug-likeness (QED) is 0.386. The van der Waals surface area contributed by atoms with Crippen LogP contribution in [0.2, 0.25) is 0 Å². The van der Waals surface area contributed by atoms with Gasteiger partial charge in [0.25, 0.3) is 0 Å². The Balaban J connectivity index is 0.000000259. The van der Waals surface area contributed by atoms with E-state index in [-0.39, 0.29) is 42.0 Å². The lowest BCUT2D eigenvalue weighted by atomic mass is 9.88. The van der Waals surface area contributed by atoms with Crippen molar-refractivity contribution in [3.63, 3.8) is 0 Å². The van der Waals surface area contributed by atoms with E-state index in [2.05, 4.69) is 10.2 Å². The molecule has 0 unspecified atom stereocenters. The Morgan fingerprint density at radius 2 is 1.51 bits per heavy atom. The molecule has 2 atom stereocenters. The van der Waals surface area contributed by atoms with Gasteiger partial charge in [0.15, 0.2) is 0 Å². The number of amides is 2. The van der Waals surface area contributed by atoms with Crippen molar-refractivity contribution in [1.82, 2.24) is 14.7 Å². The molecule has 0 aromatic heterocycles. The number of piperidine rings is 1. The molecular weight excluding hydrogens is 585 g/mol. The zero-order chi connectivity index (χ0) is 32.1. The van der Waals surface area contributed by atoms with Crippen molar-refractivity contribution in [2.75, 3.05) is 39.8 Å². The van der Waals surface area contributed by atoms with Crippen LogP contribution < -0.4 is 0 Å². The highest BCUT2D eigenvalue weighted by molar-refractivity contribution is 5.73. The summed E-state index contributed by atoms with van der Waals surface area (Å²) >= 11 is 0. The van der Waals surface area contributed by atoms with Gasteiger partial charge in [-0.2, -0.15) is 33.4 Å². The maximum Gasteiger partial charge on any atom is 0.416 e. The number of benzene rings is 2. The second kappa shape index (κ2) is 13.9. The zero-order valence-corrected chi connectivity index (χ0v) is 24.0. The Hall–Kier alpha value is -3.39. The molecule has 0 bridgehead atoms. The fraction of sp³-hybridized carbons (Fsp3) is 0.517. The van der Waals surface area contributed by atoms with Crippen molar-refractivity contribution in [3.05, 3.63) is 75.3 Å². The molecule has 2 aliphatic rings. The van der Waals surface area contributed by atoms with Crippen molar-refractivity contribution in [3.8, 4) is 0 Å². The van der Waals surface area contributed by atoms with Gasteiger partial charge in [0.1, 0.15) is 5.82 Å². The number of carboxylic acid groups (broad SMARTS) is 1. The van der Waals surface area contributed by atoms with Crippen LogP contribution in [0.15, 0.2) is 36.4 Å². The molecule has 4 rings (SSSR count). The molecule has 2 heterocycles. The standard InChI is InChI=1S/C19H26FN3O3.C10H8F6N/c1-13-11-15(20)3-4-17(13)18-12-16(5-6-23(18)19(25)26)22-9-7-21(8-10-22)14(2)24;1-17-5-6-2-7(9(11,12)13)4-8(3-6)10(14,15)16/h3-4,11,16,18H,5-10,12H2,1-2H3,(H,25,26);2-4H,5H2,1H3/q;-1/t16-,18-;/m1./s1. The minimum Gasteiger partial charge on any atom is -0.661 e. The van der Waals surface area contributed by atoms with Gasteiger partial charge >= 0.3 is 18.4 Å². The van der Waals surface area contributed by atoms with Crippen LogP contribution in [0.3, 0.4) is 0 Å². The summed E-state index contributed by atoms with van der Waals surface area (Å²) in [4.78, 5) is 28.9. The summed E-state index contributed by atoms with van der Waals surface area (Å²) in [6.07, 6.45) is -9.06. The first-order valence-corrected chi connectivity index (χ1v) is 13.6. The van der Waals surface area contributed by atoms with Crippen LogP contribution in [-0.2, 0) is 23.7 Å². The van der Waals surface area contributed by atoms with Crippen LogP contribution >= 0.6 is 0 Å². The minimum atomic E-state index is -4.80. The second-order valence-electron chi connectivity index (χ2n) is 10.6. The molecule has 2 aromatic rings. The van der Waals surface area contributed by atoms with Gasteiger partial charge in [-0.1, -0.05) is 11.6 Å². The van der Waals surface area contributed by atoms with E-state index in [9.17, 15) is 45.4 Å². The minimum absolute atomic E-state index is 0.0964. The molecule has 2 aliphatic heterocycles. The van der Waals surface area contributed by atoms with Crippen molar-refractivity contribution >= 4 is 12.0 Å². The zero-order valence-electron chi connectivity index (χ0n) is 24.0. The lowest BCUT2D eigenvalue weighted by Crippen LogP contribution is -2.55. The van der Waals surface area contributed by atoms with Gasteiger partial charge in [-0.25, -0.2) is 9.18 Å². The van der Waals surface area contributed by atoms with E-state index in [1.54, 1.807) is 13.0 Å². The summed E-state index contributed by atoms with van der Waals surface area (Å²) in [5.74, 6) is -0.203. The molecule has 14 heteroatoms. The predicted octanol–water partition coefficient (Wildman–Crippen LogP) is 6.71. The molecule has 2 fully saturated rings. The molecule has 0 aliphatic carbocycles. The smallest absolute Gasteiger partial charge is 0.416 e. The number of hydrogen-bond acceptors (Lipinski definition) is 3. The number of carbonyl (C=O) groups is 2. The summed E-state index contributed by atoms with van der Waals surface area (Å²) in [5, 5.41) is 13.1. The van der Waals surface area contributed by atoms with Gasteiger partial charge in [0, 0.05) is 45.7 Å². The number of rotatable bonds is 4. The monoisotopic (exact) mass is 619 g/mol. The predicted molar refractivity (Wildman–Crippen MR) is 145 cm³/mol. The fourth-order valence-corrected chi connectivity index (χ4v) is 5.51. The first-order valence-electron chi connectivity index (χ1n) is 13.6. The number of hydrogen-bond donors (Lipinski definition) is 1. The Bertz CT molecular complexity index is 1250. The average molecular weight is 620 g/mol. The summed E-state index contributed by atoms with van der Waals surface area (Å²) in [6.45, 7) is 6.76. The normalized spacial score (nSPS) is 20.0. The molecule has 0 radical (unpaired) electrons. The maximum atomic E-state index is 13.5. The van der Waals surface area contributed by atoms with Crippen molar-refractivity contribution in [1.29, 1.82) is 0 Å². The van der Waals surface area contributed by atoms with E-state index in [0.717, 1.165) is 30.6 Å². The van der Waals surface area contributed by atoms with Crippen LogP contribution in [0.25, 0.3) is 5.32 Å². The summed E-state index contributed by atoms with van der Waals surface area (Å²) in [5.41, 5.74) is -1.09. The van der Waals surface area contributed by atoms with Crippen LogP contribution in [-0.4, -0.2) is 77.6 Å². The Kier molecular flexibility index (Phi) is 11.0. The van der Waals surface area contributed by atoms with Gasteiger partial charge in [-0.05, 0) is 61.2 Å². The van der Waals surface area contributed by atoms with Crippen LogP contribution in [0, 0.1) is 12.7 Å². The van der Waals surface area contributed by atoms with Crippen LogP contribution in [0.5, 0.6) is 0 Å². The first kappa shape index (κ1) is 34.1. The first-order chi connectivity index (χ1) is 20.0. The molecule has 2 aromatic carbocycles. The van der Waals surface area contributed by atoms with Gasteiger partial charge in [0.2, 0.25) is 5.91 Å². The van der Waals surface area contributed by atoms with Gasteiger partial charge in [0.05, 0.1) is 17.2 Å². The fourth-order valence-electron chi connectivity index (χ4n) is 5.51. The summed E-state index contributed by atoms with van der Waals surface area (Å²) < 4.78 is 87.7. The average Bonchev–Trinajstić information content (AvgIpc) is 2.92. The number of nitrogens with zero attached hydrogens (tertiary/aromatic N) is 4. The van der Waals surface area contributed by atoms with Gasteiger partial charge in [-0.15, -0.1) is 6.54 Å². The molecule has 238 valence electrons. The summed E-state index contributed by atoms with van der Waals surface area (Å²) in [6, 6.07) is 6.01. The number of likely N-dealkylation sites (tertiary alicyclic amines) is 1. The second-order valence-corrected chi connectivity index (χ2v) is 10.6. The molecular formula is C29H34F7N4O3-. The molecule has 0 spiro atoms. The highest BCUT2D eigenvalue weighted by atomic mass is 19.4. The third-order valence-corrected chi connectivity index (χ3v) is 7.68. The van der Waals surface area contributed by atoms with Gasteiger partial charge in [-0.3, -0.25) is 9.69 Å². The Labute approximate surface area is 245 Å². The molecule has 7 nitrogen and oxygen atoms in total. The molecule has 2 amide bonds. The Morgan fingerprint density at radius 1 is 0.930 bits per heavy atom. The van der Waals surface area contributed by atoms with E-state index >= 15 is 0 Å². The molecule has 0 saturated carbocycles. The van der Waals surface area contributed by atoms with Crippen LogP contribution in [0.1, 0.15) is 53.6 Å². The van der Waals surface area contributed by atoms with Crippen molar-refractivity contribution in [2.45, 2.75) is 57.7 Å². The molecule has 2 saturated heterocycles. The van der Waals surface area contributed by atoms with E-state index in [1.807, 2.05) is 11.8 Å². The van der Waals surface area contributed by atoms with Gasteiger partial charge < -0.3 is 20.2 Å². The third-order valence-electron chi connectivity index (χ3n) is 7.68. The number of halogens is 7. The number of aryl methyl sites for hydroxylation is 1. The number of alkyl halides is 6. The topological polar surface area (TPSA) is 78.2 Å². The molecule has 1 N–H and O–H groups in total. The van der Waals surface area contributed by atoms with E-state index < -0.39 is 29.6 Å². The third kappa shape index (κ3) is 9.05. The Morgan fingerprint density at radius 3 is 1.98 bits per heavy atom. The molecule has 43 heavy (non-hydrogen) atoms. The van der Waals surface area contributed by atoms with E-state index in [4.69, 9.17) is 0 Å². The van der Waals surface area contributed by atoms with Crippen molar-refractivity contribution in [2.24, 2.45) is 0 Å². The largest absolute Gasteiger partial charge is 0.661 e. The van der Waals surface area contributed by atoms with E-state index in [0.29, 0.717) is 38.2 Å².